The van der Waals surface area contributed by atoms with Crippen LogP contribution >= 0.6 is 68.4 Å². The molecule has 6 amide bonds. The molecule has 41 heteroatoms. The van der Waals surface area contributed by atoms with Gasteiger partial charge in [0.05, 0.1) is 49.6 Å². The number of primary amides is 1. The fourth-order valence-electron chi connectivity index (χ4n) is 12.2. The van der Waals surface area contributed by atoms with E-state index < -0.39 is 144 Å². The molecule has 0 saturated carbocycles. The molecule has 7 aromatic heterocycles. The molecule has 1 aromatic carbocycles. The summed E-state index contributed by atoms with van der Waals surface area (Å²) in [6, 6.07) is 0.583. The van der Waals surface area contributed by atoms with E-state index in [1.165, 1.54) is 60.0 Å². The van der Waals surface area contributed by atoms with Crippen molar-refractivity contribution in [3.8, 4) is 38.4 Å². The lowest BCUT2D eigenvalue weighted by atomic mass is 9.85. The van der Waals surface area contributed by atoms with Gasteiger partial charge in [-0.15, -0.1) is 68.4 Å². The summed E-state index contributed by atoms with van der Waals surface area (Å²) in [7, 11) is 4.83. The lowest BCUT2D eigenvalue weighted by Gasteiger charge is -2.48. The molecule has 12 bridgehead atoms. The average Bonchev–Trinajstić information content (AvgIpc) is 1.57. The summed E-state index contributed by atoms with van der Waals surface area (Å²) in [6.07, 6.45) is -7.61. The molecule has 4 aliphatic heterocycles. The number of aliphatic hydroxyl groups is 2. The third-order valence-corrected chi connectivity index (χ3v) is 22.5. The van der Waals surface area contributed by atoms with Gasteiger partial charge in [-0.25, -0.2) is 39.5 Å². The second-order valence-electron chi connectivity index (χ2n) is 24.5. The molecule has 0 aliphatic carbocycles. The summed E-state index contributed by atoms with van der Waals surface area (Å²) in [6.45, 7) is 4.31. The Morgan fingerprint density at radius 3 is 2.25 bits per heavy atom. The van der Waals surface area contributed by atoms with Crippen LogP contribution in [0.5, 0.6) is 5.75 Å². The highest BCUT2D eigenvalue weighted by Crippen LogP contribution is 2.43. The number of cyclic esters (lactones) is 2. The zero-order chi connectivity index (χ0) is 74.3. The number of rotatable bonds is 13. The van der Waals surface area contributed by atoms with Crippen molar-refractivity contribution < 1.29 is 87.3 Å². The highest BCUT2D eigenvalue weighted by Gasteiger charge is 2.50. The number of thiazole rings is 5. The SMILES string of the molecule is CO/C(C)=C1/NC(=O)C([C@@H](C)O)NC(=O)c2csc(n2)-c2cc(O)c(-c3nc(C(=O)NC(SCCN=C(N)N)C(N)=O)cs3)nc2-c2csc(n2)[C@@H]2COC(=O)c3c4c5c(cccc5n3O)COC(=O)[C@@H](O[C@H]3C[C@](C)(O)[C@H](N(C)C)[C@H](C)O3)[C@@H](OC4)[C@H](NC(=O)c3csc1n3)c1nc(cs1)C(=O)N2. The number of aliphatic imine (C=N–C) groups is 1. The highest BCUT2D eigenvalue weighted by molar-refractivity contribution is 8.00. The number of hydrogen-bond acceptors (Lipinski definition) is 32. The number of amides is 6. The van der Waals surface area contributed by atoms with E-state index >= 15 is 19.2 Å². The van der Waals surface area contributed by atoms with E-state index in [0.29, 0.717) is 10.3 Å². The van der Waals surface area contributed by atoms with Gasteiger partial charge in [0.15, 0.2) is 29.4 Å². The van der Waals surface area contributed by atoms with Gasteiger partial charge in [0.1, 0.15) is 120 Å². The Morgan fingerprint density at radius 2 is 1.54 bits per heavy atom. The number of benzene rings is 1. The predicted molar refractivity (Wildman–Crippen MR) is 378 cm³/mol. The summed E-state index contributed by atoms with van der Waals surface area (Å²) in [5.74, 6) is -8.17. The minimum atomic E-state index is -1.93. The maximum atomic E-state index is 15.2. The molecule has 1 saturated heterocycles. The van der Waals surface area contributed by atoms with Crippen molar-refractivity contribution in [2.24, 2.45) is 22.2 Å². The molecule has 35 nitrogen and oxygen atoms in total. The van der Waals surface area contributed by atoms with Crippen LogP contribution in [0.3, 0.4) is 0 Å². The Hall–Kier alpha value is -9.66. The molecule has 548 valence electrons. The van der Waals surface area contributed by atoms with Crippen LogP contribution in [0, 0.1) is 0 Å². The molecule has 0 radical (unpaired) electrons. The van der Waals surface area contributed by atoms with Crippen molar-refractivity contribution in [2.45, 2.75) is 113 Å². The van der Waals surface area contributed by atoms with E-state index in [0.717, 1.165) is 68.4 Å². The van der Waals surface area contributed by atoms with Crippen molar-refractivity contribution in [2.75, 3.05) is 40.1 Å². The first-order chi connectivity index (χ1) is 49.6. The molecule has 12 rings (SSSR count). The molecule has 2 unspecified atom stereocenters. The van der Waals surface area contributed by atoms with Crippen LogP contribution in [0.2, 0.25) is 0 Å². The second-order valence-corrected chi connectivity index (χ2v) is 30.0. The zero-order valence-corrected chi connectivity index (χ0v) is 60.8. The number of pyridine rings is 1. The number of guanidine groups is 1. The summed E-state index contributed by atoms with van der Waals surface area (Å²) in [5.41, 5.74) is 13.5. The van der Waals surface area contributed by atoms with Crippen molar-refractivity contribution in [1.82, 2.24) is 66.1 Å². The number of nitrogens with two attached hydrogens (primary N) is 3. The zero-order valence-electron chi connectivity index (χ0n) is 55.9. The highest BCUT2D eigenvalue weighted by atomic mass is 32.2. The van der Waals surface area contributed by atoms with Gasteiger partial charge in [-0.3, -0.25) is 33.8 Å². The lowest BCUT2D eigenvalue weighted by Crippen LogP contribution is -2.62. The number of nitrogens with zero attached hydrogens (tertiary/aromatic N) is 9. The van der Waals surface area contributed by atoms with Crippen LogP contribution in [0.1, 0.15) is 125 Å². The molecular formula is C63H67N17O18S6. The van der Waals surface area contributed by atoms with Crippen LogP contribution in [0.4, 0.5) is 0 Å². The van der Waals surface area contributed by atoms with Crippen LogP contribution in [-0.4, -0.2) is 207 Å². The summed E-state index contributed by atoms with van der Waals surface area (Å²) in [4.78, 5) is 149. The van der Waals surface area contributed by atoms with Crippen LogP contribution in [0.25, 0.3) is 49.3 Å². The molecule has 4 aliphatic rings. The number of aromatic hydroxyl groups is 1. The van der Waals surface area contributed by atoms with Crippen molar-refractivity contribution in [3.05, 3.63) is 112 Å². The first-order valence-corrected chi connectivity index (χ1v) is 37.0. The third-order valence-electron chi connectivity index (χ3n) is 16.9. The lowest BCUT2D eigenvalue weighted by molar-refractivity contribution is -0.280. The maximum absolute atomic E-state index is 15.2. The molecule has 11 heterocycles. The van der Waals surface area contributed by atoms with Crippen LogP contribution < -0.4 is 43.8 Å². The number of allylic oxidation sites excluding steroid dienone is 1. The molecule has 8 aromatic rings. The van der Waals surface area contributed by atoms with Gasteiger partial charge in [-0.05, 0) is 59.5 Å². The second kappa shape index (κ2) is 30.6. The first-order valence-electron chi connectivity index (χ1n) is 31.5. The normalized spacial score (nSPS) is 23.6. The van der Waals surface area contributed by atoms with Crippen molar-refractivity contribution >= 4 is 138 Å². The fourth-order valence-corrected chi connectivity index (χ4v) is 17.2. The Bertz CT molecular complexity index is 4770. The van der Waals surface area contributed by atoms with E-state index in [2.05, 4.69) is 46.5 Å². The Labute approximate surface area is 613 Å². The third kappa shape index (κ3) is 15.3. The number of fused-ring (bicyclic) bond motifs is 15. The molecule has 104 heavy (non-hydrogen) atoms. The molecule has 11 atom stereocenters. The predicted octanol–water partition coefficient (Wildman–Crippen LogP) is 2.71. The van der Waals surface area contributed by atoms with Gasteiger partial charge in [-0.1, -0.05) is 12.1 Å². The van der Waals surface area contributed by atoms with E-state index in [1.807, 2.05) is 0 Å². The molecular weight excluding hydrogens is 1480 g/mol. The Kier molecular flexibility index (Phi) is 21.8. The summed E-state index contributed by atoms with van der Waals surface area (Å²) < 4.78 is 38.3. The minimum absolute atomic E-state index is 0.00335. The Balaban J connectivity index is 1.02. The van der Waals surface area contributed by atoms with Gasteiger partial charge in [0, 0.05) is 55.6 Å². The number of likely N-dealkylation sites (N-methyl/N-ethyl adjacent to an activating group) is 1. The topological polar surface area (TPSA) is 509 Å². The van der Waals surface area contributed by atoms with Crippen molar-refractivity contribution in [3.63, 3.8) is 0 Å². The van der Waals surface area contributed by atoms with Crippen molar-refractivity contribution in [1.29, 1.82) is 0 Å². The average molecular weight is 1540 g/mol. The number of nitrogens with one attached hydrogen (secondary N) is 5. The number of esters is 2. The first kappa shape index (κ1) is 74.1. The Morgan fingerprint density at radius 1 is 0.865 bits per heavy atom. The van der Waals surface area contributed by atoms with Gasteiger partial charge >= 0.3 is 11.9 Å². The van der Waals surface area contributed by atoms with Gasteiger partial charge < -0.3 is 97.6 Å². The number of aliphatic hydroxyl groups excluding tert-OH is 1. The number of carbonyl (C=O) groups excluding carboxylic acids is 8. The molecule has 0 spiro atoms. The number of aromatic nitrogens is 7. The molecule has 15 N–H and O–H groups in total. The largest absolute Gasteiger partial charge is 0.506 e. The van der Waals surface area contributed by atoms with Gasteiger partial charge in [0.2, 0.25) is 5.91 Å². The quantitative estimate of drug-likeness (QED) is 0.0150. The maximum Gasteiger partial charge on any atom is 0.358 e. The van der Waals surface area contributed by atoms with Gasteiger partial charge in [-0.2, -0.15) is 4.73 Å². The smallest absolute Gasteiger partial charge is 0.358 e. The standard InChI is InChI=1S/C63H67N17O18S6/c1-23(81)39-53(88)76-40(24(2)93-7)56-71-33(21-102-56)51(86)77-43-45-46(98-37-14-63(4,91)47(79(5)6)25(3)97-37)61(90)95-15-26-9-8-10-35-38(26)28(16-94-45)44(80(35)92)60(89)96-17-29(68-49(84)31-20-104-58(43)73-31)55-69-30(18-101-55)41-27(54-70-32(19-100-54)50(85)75-39)13-36(82)42(74-41)57-72-34(22-103-57)52(87)78-59(48(64)83)99-12-11-67-62(65)66/h8-10,13,18-23,25,29,37,39,43,45-47,59,81-82,91-92H,11-12,14-17H2,1-7H3,(H2,64,83)(H,68,84)(H,75,85)(H,76,88)(H,77,86)(H,78,87)(H4,65,66,67)/b40-24+/t23-,25+,29+,37+,39?,43+,45+,46+,47-,59?,63+/m1/s1. The van der Waals surface area contributed by atoms with E-state index in [-0.39, 0.29) is 123 Å². The summed E-state index contributed by atoms with van der Waals surface area (Å²) in [5, 5.41) is 66.6. The number of carbonyl (C=O) groups is 8. The monoisotopic (exact) mass is 1540 g/mol. The number of hydrogen-bond donors (Lipinski definition) is 12. The number of thioether (sulfide) groups is 1. The van der Waals surface area contributed by atoms with Crippen LogP contribution in [-0.2, 0) is 56.0 Å². The van der Waals surface area contributed by atoms with E-state index in [1.54, 1.807) is 45.0 Å². The minimum Gasteiger partial charge on any atom is -0.506 e. The van der Waals surface area contributed by atoms with Gasteiger partial charge in [0.25, 0.3) is 29.5 Å². The number of methoxy groups -OCH3 is 1. The fraction of sp³-hybridized carbons (Fsp3) is 0.381. The summed E-state index contributed by atoms with van der Waals surface area (Å²) >= 11 is 5.40. The molecule has 1 fully saturated rings. The van der Waals surface area contributed by atoms with E-state index in [9.17, 15) is 39.7 Å². The number of ether oxygens (including phenoxy) is 6. The van der Waals surface area contributed by atoms with E-state index in [4.69, 9.17) is 60.6 Å². The van der Waals surface area contributed by atoms with Crippen LogP contribution in [0.15, 0.2) is 61.9 Å².